The van der Waals surface area contributed by atoms with E-state index in [1.54, 1.807) is 4.40 Å². The number of aromatic nitrogens is 4. The third-order valence-electron chi connectivity index (χ3n) is 6.23. The first kappa shape index (κ1) is 16.1. The van der Waals surface area contributed by atoms with Crippen molar-refractivity contribution in [3.8, 4) is 11.3 Å². The van der Waals surface area contributed by atoms with E-state index in [2.05, 4.69) is 39.0 Å². The van der Waals surface area contributed by atoms with Crippen LogP contribution in [0.1, 0.15) is 43.2 Å². The number of benzene rings is 1. The van der Waals surface area contributed by atoms with E-state index in [9.17, 15) is 4.79 Å². The van der Waals surface area contributed by atoms with Crippen molar-refractivity contribution >= 4 is 17.5 Å². The van der Waals surface area contributed by atoms with Crippen LogP contribution in [0.2, 0.25) is 0 Å². The van der Waals surface area contributed by atoms with Crippen LogP contribution in [0.4, 0.5) is 0 Å². The standard InChI is InChI=1S/C20H22N4OS/c1-23-16-14-9-5-4-8-13(14)12-20(10-6-3-7-11-20)15(16)17(25)24-18(23)21-22-19(24)26-2/h4-5,8-9H,3,6-7,10-12H2,1-2H3. The smallest absolute Gasteiger partial charge is 0.265 e. The molecule has 1 spiro atoms. The van der Waals surface area contributed by atoms with Crippen LogP contribution >= 0.6 is 11.8 Å². The highest BCUT2D eigenvalue weighted by molar-refractivity contribution is 7.98. The SMILES string of the molecule is CSc1nnc2n(C)c3c(c(=O)n12)C1(CCCCC1)Cc1ccccc1-3. The Hall–Kier alpha value is -2.08. The number of thioether (sulfide) groups is 1. The molecule has 2 aliphatic carbocycles. The van der Waals surface area contributed by atoms with Gasteiger partial charge in [0.15, 0.2) is 5.16 Å². The minimum atomic E-state index is -0.0507. The zero-order chi connectivity index (χ0) is 17.9. The predicted octanol–water partition coefficient (Wildman–Crippen LogP) is 3.57. The van der Waals surface area contributed by atoms with Gasteiger partial charge in [-0.25, -0.2) is 4.40 Å². The third kappa shape index (κ3) is 2.02. The number of nitrogens with zero attached hydrogens (tertiary/aromatic N) is 4. The maximum absolute atomic E-state index is 13.7. The summed E-state index contributed by atoms with van der Waals surface area (Å²) in [5.74, 6) is 0.626. The molecule has 1 aromatic carbocycles. The topological polar surface area (TPSA) is 52.2 Å². The van der Waals surface area contributed by atoms with Crippen LogP contribution in [0.25, 0.3) is 17.0 Å². The fourth-order valence-electron chi connectivity index (χ4n) is 5.08. The highest BCUT2D eigenvalue weighted by atomic mass is 32.2. The van der Waals surface area contributed by atoms with Crippen LogP contribution in [-0.2, 0) is 18.9 Å². The van der Waals surface area contributed by atoms with Gasteiger partial charge in [-0.15, -0.1) is 10.2 Å². The Labute approximate surface area is 156 Å². The molecule has 0 saturated heterocycles. The van der Waals surface area contributed by atoms with E-state index in [1.807, 2.05) is 13.3 Å². The number of fused-ring (bicyclic) bond motifs is 5. The zero-order valence-electron chi connectivity index (χ0n) is 15.2. The maximum Gasteiger partial charge on any atom is 0.265 e. The van der Waals surface area contributed by atoms with Gasteiger partial charge in [-0.3, -0.25) is 4.79 Å². The number of hydrogen-bond acceptors (Lipinski definition) is 4. The summed E-state index contributed by atoms with van der Waals surface area (Å²) in [7, 11) is 2.02. The summed E-state index contributed by atoms with van der Waals surface area (Å²) < 4.78 is 3.80. The van der Waals surface area contributed by atoms with Crippen LogP contribution < -0.4 is 5.56 Å². The van der Waals surface area contributed by atoms with Crippen LogP contribution in [0, 0.1) is 0 Å². The molecule has 0 unspecified atom stereocenters. The van der Waals surface area contributed by atoms with Gasteiger partial charge in [-0.1, -0.05) is 55.3 Å². The molecule has 1 fully saturated rings. The molecular formula is C20H22N4OS. The van der Waals surface area contributed by atoms with Crippen molar-refractivity contribution in [3.63, 3.8) is 0 Å². The molecule has 2 heterocycles. The summed E-state index contributed by atoms with van der Waals surface area (Å²) in [5, 5.41) is 9.25. The Morgan fingerprint density at radius 2 is 1.88 bits per heavy atom. The normalized spacial score (nSPS) is 18.1. The highest BCUT2D eigenvalue weighted by Crippen LogP contribution is 2.49. The maximum atomic E-state index is 13.7. The van der Waals surface area contributed by atoms with Gasteiger partial charge in [0.05, 0.1) is 5.69 Å². The van der Waals surface area contributed by atoms with E-state index in [0.29, 0.717) is 10.9 Å². The lowest BCUT2D eigenvalue weighted by Crippen LogP contribution is -2.42. The number of hydrogen-bond donors (Lipinski definition) is 0. The van der Waals surface area contributed by atoms with Crippen molar-refractivity contribution in [1.29, 1.82) is 0 Å². The van der Waals surface area contributed by atoms with Crippen LogP contribution in [0.3, 0.4) is 0 Å². The first-order valence-corrected chi connectivity index (χ1v) is 10.5. The van der Waals surface area contributed by atoms with Gasteiger partial charge in [0.2, 0.25) is 5.78 Å². The van der Waals surface area contributed by atoms with Crippen molar-refractivity contribution in [2.75, 3.05) is 6.26 Å². The second-order valence-electron chi connectivity index (χ2n) is 7.58. The summed E-state index contributed by atoms with van der Waals surface area (Å²) in [6.07, 6.45) is 8.75. The molecular weight excluding hydrogens is 344 g/mol. The fourth-order valence-corrected chi connectivity index (χ4v) is 5.55. The van der Waals surface area contributed by atoms with Gasteiger partial charge in [0.25, 0.3) is 5.56 Å². The van der Waals surface area contributed by atoms with Gasteiger partial charge in [0, 0.05) is 23.6 Å². The van der Waals surface area contributed by atoms with E-state index in [4.69, 9.17) is 0 Å². The van der Waals surface area contributed by atoms with Crippen LogP contribution in [-0.4, -0.2) is 25.4 Å². The van der Waals surface area contributed by atoms with Gasteiger partial charge < -0.3 is 4.57 Å². The average Bonchev–Trinajstić information content (AvgIpc) is 3.11. The number of aryl methyl sites for hydroxylation is 1. The Balaban J connectivity index is 1.95. The lowest BCUT2D eigenvalue weighted by atomic mass is 9.62. The van der Waals surface area contributed by atoms with Gasteiger partial charge in [-0.2, -0.15) is 0 Å². The lowest BCUT2D eigenvalue weighted by Gasteiger charge is -2.42. The van der Waals surface area contributed by atoms with Gasteiger partial charge in [0.1, 0.15) is 0 Å². The second-order valence-corrected chi connectivity index (χ2v) is 8.36. The third-order valence-corrected chi connectivity index (χ3v) is 6.86. The van der Waals surface area contributed by atoms with Crippen molar-refractivity contribution in [2.45, 2.75) is 49.1 Å². The summed E-state index contributed by atoms with van der Waals surface area (Å²) in [6, 6.07) is 8.54. The Bertz CT molecular complexity index is 1080. The minimum absolute atomic E-state index is 0.0507. The van der Waals surface area contributed by atoms with Crippen molar-refractivity contribution < 1.29 is 0 Å². The lowest BCUT2D eigenvalue weighted by molar-refractivity contribution is 0.283. The van der Waals surface area contributed by atoms with Crippen LogP contribution in [0.5, 0.6) is 0 Å². The van der Waals surface area contributed by atoms with Gasteiger partial charge in [-0.05, 0) is 31.1 Å². The summed E-state index contributed by atoms with van der Waals surface area (Å²) in [5.41, 5.74) is 4.59. The van der Waals surface area contributed by atoms with Crippen LogP contribution in [0.15, 0.2) is 34.2 Å². The van der Waals surface area contributed by atoms with Crippen molar-refractivity contribution in [2.24, 2.45) is 7.05 Å². The quantitative estimate of drug-likeness (QED) is 0.618. The molecule has 5 rings (SSSR count). The molecule has 2 aromatic heterocycles. The van der Waals surface area contributed by atoms with E-state index < -0.39 is 0 Å². The minimum Gasteiger partial charge on any atom is -0.312 e. The second kappa shape index (κ2) is 5.71. The molecule has 26 heavy (non-hydrogen) atoms. The molecule has 6 heteroatoms. The molecule has 5 nitrogen and oxygen atoms in total. The molecule has 0 aliphatic heterocycles. The molecule has 0 radical (unpaired) electrons. The molecule has 0 amide bonds. The molecule has 0 atom stereocenters. The van der Waals surface area contributed by atoms with E-state index in [-0.39, 0.29) is 11.0 Å². The van der Waals surface area contributed by atoms with E-state index >= 15 is 0 Å². The summed E-state index contributed by atoms with van der Waals surface area (Å²) in [6.45, 7) is 0. The molecule has 1 saturated carbocycles. The zero-order valence-corrected chi connectivity index (χ0v) is 16.0. The molecule has 0 bridgehead atoms. The van der Waals surface area contributed by atoms with Gasteiger partial charge >= 0.3 is 0 Å². The number of rotatable bonds is 1. The van der Waals surface area contributed by atoms with E-state index in [1.165, 1.54) is 42.2 Å². The molecule has 2 aliphatic rings. The Kier molecular flexibility index (Phi) is 3.54. The first-order chi connectivity index (χ1) is 12.7. The molecule has 0 N–H and O–H groups in total. The van der Waals surface area contributed by atoms with Crippen molar-refractivity contribution in [3.05, 3.63) is 45.7 Å². The molecule has 134 valence electrons. The fraction of sp³-hybridized carbons (Fsp3) is 0.450. The highest BCUT2D eigenvalue weighted by Gasteiger charge is 2.43. The predicted molar refractivity (Wildman–Crippen MR) is 104 cm³/mol. The first-order valence-electron chi connectivity index (χ1n) is 9.27. The van der Waals surface area contributed by atoms with Crippen molar-refractivity contribution in [1.82, 2.24) is 19.2 Å². The summed E-state index contributed by atoms with van der Waals surface area (Å²) in [4.78, 5) is 13.7. The summed E-state index contributed by atoms with van der Waals surface area (Å²) >= 11 is 1.48. The molecule has 3 aromatic rings. The average molecular weight is 366 g/mol. The Morgan fingerprint density at radius 3 is 2.65 bits per heavy atom. The largest absolute Gasteiger partial charge is 0.312 e. The Morgan fingerprint density at radius 1 is 1.12 bits per heavy atom. The van der Waals surface area contributed by atoms with E-state index in [0.717, 1.165) is 30.5 Å². The monoisotopic (exact) mass is 366 g/mol.